The molecule has 0 spiro atoms. The Kier molecular flexibility index (Phi) is 8.23. The number of rotatable bonds is 9. The topological polar surface area (TPSA) is 40.8 Å². The van der Waals surface area contributed by atoms with Crippen molar-refractivity contribution in [2.45, 2.75) is 65.7 Å². The van der Waals surface area contributed by atoms with E-state index >= 15 is 0 Å². The number of hydrogen-bond donors (Lipinski definition) is 0. The summed E-state index contributed by atoms with van der Waals surface area (Å²) in [6, 6.07) is 37.4. The van der Waals surface area contributed by atoms with Gasteiger partial charge in [0.15, 0.2) is 0 Å². The fourth-order valence-electron chi connectivity index (χ4n) is 10.4. The summed E-state index contributed by atoms with van der Waals surface area (Å²) < 4.78 is 130. The van der Waals surface area contributed by atoms with Gasteiger partial charge in [-0.2, -0.15) is 0 Å². The summed E-state index contributed by atoms with van der Waals surface area (Å²) in [6.45, 7) is 15.1. The van der Waals surface area contributed by atoms with Gasteiger partial charge in [0, 0.05) is 39.5 Å². The molecule has 76 heavy (non-hydrogen) atoms. The van der Waals surface area contributed by atoms with Crippen molar-refractivity contribution in [1.82, 2.24) is 18.7 Å². The van der Waals surface area contributed by atoms with Crippen LogP contribution < -0.4 is 9.30 Å². The maximum absolute atomic E-state index is 9.27. The van der Waals surface area contributed by atoms with Crippen LogP contribution in [0.5, 0.6) is 11.5 Å². The molecule has 0 aliphatic carbocycles. The lowest BCUT2D eigenvalue weighted by Gasteiger charge is -2.27. The Morgan fingerprint density at radius 1 is 0.513 bits per heavy atom. The van der Waals surface area contributed by atoms with Crippen LogP contribution in [0.2, 0.25) is 0 Å². The minimum atomic E-state index is -0.514. The predicted octanol–water partition coefficient (Wildman–Crippen LogP) is 17.6. The van der Waals surface area contributed by atoms with E-state index < -0.39 is 54.4 Å². The molecular weight excluding hydrogens is 927 g/mol. The number of hydrogen-bond acceptors (Lipinski definition) is 2. The number of para-hydroxylation sites is 5. The predicted molar refractivity (Wildman–Crippen MR) is 314 cm³/mol. The van der Waals surface area contributed by atoms with Crippen molar-refractivity contribution < 1.29 is 27.1 Å². The highest BCUT2D eigenvalue weighted by molar-refractivity contribution is 6.12. The Hall–Kier alpha value is -9.00. The summed E-state index contributed by atoms with van der Waals surface area (Å²) in [6.07, 6.45) is 6.18. The van der Waals surface area contributed by atoms with Crippen LogP contribution in [0.15, 0.2) is 218 Å². The number of aryl methyl sites for hydroxylation is 1. The quantitative estimate of drug-likeness (QED) is 0.107. The van der Waals surface area contributed by atoms with Gasteiger partial charge in [0.1, 0.15) is 17.3 Å². The zero-order chi connectivity index (χ0) is 63.2. The molecule has 0 saturated carbocycles. The monoisotopic (exact) mass is 999 g/mol. The summed E-state index contributed by atoms with van der Waals surface area (Å²) in [4.78, 5) is 4.86. The Labute approximate surface area is 462 Å². The molecule has 0 aliphatic rings. The van der Waals surface area contributed by atoms with Crippen LogP contribution in [0.25, 0.3) is 99.8 Å². The lowest BCUT2D eigenvalue weighted by Crippen LogP contribution is -2.31. The second kappa shape index (κ2) is 18.1. The van der Waals surface area contributed by atoms with Gasteiger partial charge in [-0.1, -0.05) is 182 Å². The molecule has 0 saturated heterocycles. The van der Waals surface area contributed by atoms with Crippen molar-refractivity contribution in [1.29, 1.82) is 0 Å². The number of imidazole rings is 1. The largest absolute Gasteiger partial charge is 0.458 e. The summed E-state index contributed by atoms with van der Waals surface area (Å²) >= 11 is 0. The summed E-state index contributed by atoms with van der Waals surface area (Å²) in [5.74, 6) is 1.61. The average Bonchev–Trinajstić information content (AvgIpc) is 1.57. The highest BCUT2D eigenvalue weighted by atomic mass is 16.5. The molecule has 0 amide bonds. The van der Waals surface area contributed by atoms with Gasteiger partial charge in [-0.3, -0.25) is 13.7 Å². The van der Waals surface area contributed by atoms with Gasteiger partial charge in [-0.05, 0) is 129 Å². The van der Waals surface area contributed by atoms with E-state index in [0.29, 0.717) is 39.9 Å². The standard InChI is InChI=1S/C70H59N5O/c1-8-46-36-37-71-67(38-46)75-63-35-32-52(74-61-28-14-12-24-57(61)58-25-13-15-29-62(58)74)43-60(63)59-34-33-54(44-66(59)75)76-53-23-18-22-51(42-53)72-45-73(65-31-17-16-30-64(65)72)68-55(47-20-10-9-11-21-47)26-19-27-56(68)48-39-49(69(2,3)4)41-50(40-48)70(5,6)7/h9-44H,8H2,1-7H3/i9D,10D,11D,12D,13D,14D,15D,20D,21D,24D,25D,28D,29D. The van der Waals surface area contributed by atoms with Crippen LogP contribution in [0.4, 0.5) is 0 Å². The van der Waals surface area contributed by atoms with E-state index in [1.807, 2.05) is 123 Å². The minimum absolute atomic E-state index is 0.00639. The third kappa shape index (κ3) is 8.04. The fourth-order valence-corrected chi connectivity index (χ4v) is 10.4. The van der Waals surface area contributed by atoms with E-state index in [2.05, 4.69) is 73.0 Å². The molecule has 0 unspecified atom stereocenters. The van der Waals surface area contributed by atoms with Gasteiger partial charge < -0.3 is 9.30 Å². The molecule has 13 rings (SSSR count). The third-order valence-corrected chi connectivity index (χ3v) is 14.3. The average molecular weight is 999 g/mol. The SMILES string of the molecule is [2H]c1c([2H])c([2H])c(-c2cccc(-c3cc(C(C)(C)C)cc(C(C)(C)C)c3)c2-[n+]2[c-]n(-c3cccc(Oc4ccc5c6cc(-n7c8c([2H])c([2H])c([2H])c([2H])c8c8c([2H])c([2H])c([2H])c([2H])c87)ccc6n(-c6cc(CC)ccn6)c5c4)c3)c3ccccc32)c([2H])c1[2H]. The molecule has 370 valence electrons. The van der Waals surface area contributed by atoms with Crippen LogP contribution >= 0.6 is 0 Å². The van der Waals surface area contributed by atoms with Crippen LogP contribution in [0.1, 0.15) is 83.0 Å². The normalized spacial score (nSPS) is 14.6. The molecule has 0 bridgehead atoms. The molecule has 9 aromatic carbocycles. The van der Waals surface area contributed by atoms with Gasteiger partial charge >= 0.3 is 0 Å². The maximum atomic E-state index is 9.27. The van der Waals surface area contributed by atoms with E-state index in [0.717, 1.165) is 67.1 Å². The van der Waals surface area contributed by atoms with Crippen LogP contribution in [-0.2, 0) is 17.3 Å². The summed E-state index contributed by atoms with van der Waals surface area (Å²) in [7, 11) is 0. The van der Waals surface area contributed by atoms with Crippen molar-refractivity contribution in [3.05, 3.63) is 241 Å². The lowest BCUT2D eigenvalue weighted by atomic mass is 9.78. The number of fused-ring (bicyclic) bond motifs is 7. The van der Waals surface area contributed by atoms with E-state index in [-0.39, 0.29) is 62.4 Å². The Morgan fingerprint density at radius 2 is 1.18 bits per heavy atom. The van der Waals surface area contributed by atoms with E-state index in [4.69, 9.17) is 24.8 Å². The van der Waals surface area contributed by atoms with Crippen molar-refractivity contribution >= 4 is 54.6 Å². The number of pyridine rings is 1. The lowest BCUT2D eigenvalue weighted by molar-refractivity contribution is -0.571. The number of benzene rings is 9. The highest BCUT2D eigenvalue weighted by Crippen LogP contribution is 2.41. The number of ether oxygens (including phenoxy) is 1. The molecule has 0 aliphatic heterocycles. The molecule has 13 aromatic rings. The zero-order valence-electron chi connectivity index (χ0n) is 56.1. The van der Waals surface area contributed by atoms with Gasteiger partial charge in [-0.15, -0.1) is 0 Å². The van der Waals surface area contributed by atoms with Gasteiger partial charge in [0.25, 0.3) is 6.33 Å². The third-order valence-electron chi connectivity index (χ3n) is 14.3. The first kappa shape index (κ1) is 34.5. The first-order chi connectivity index (χ1) is 42.3. The van der Waals surface area contributed by atoms with Crippen LogP contribution in [-0.4, -0.2) is 18.7 Å². The van der Waals surface area contributed by atoms with Crippen molar-refractivity contribution in [3.8, 4) is 56.6 Å². The van der Waals surface area contributed by atoms with Gasteiger partial charge in [-0.25, -0.2) is 4.98 Å². The van der Waals surface area contributed by atoms with Crippen molar-refractivity contribution in [2.75, 3.05) is 0 Å². The van der Waals surface area contributed by atoms with Gasteiger partial charge in [0.05, 0.1) is 62.3 Å². The molecule has 0 fully saturated rings. The van der Waals surface area contributed by atoms with Crippen LogP contribution in [0, 0.1) is 6.33 Å². The summed E-state index contributed by atoms with van der Waals surface area (Å²) in [5, 5.41) is 1.49. The Bertz CT molecular complexity index is 5050. The number of aromatic nitrogens is 5. The van der Waals surface area contributed by atoms with E-state index in [1.54, 1.807) is 12.3 Å². The molecule has 4 aromatic heterocycles. The Morgan fingerprint density at radius 3 is 1.91 bits per heavy atom. The van der Waals surface area contributed by atoms with Gasteiger partial charge in [0.2, 0.25) is 0 Å². The van der Waals surface area contributed by atoms with E-state index in [1.165, 1.54) is 4.57 Å². The molecule has 6 nitrogen and oxygen atoms in total. The molecule has 6 heteroatoms. The fraction of sp³-hybridized carbons (Fsp3) is 0.143. The molecular formula is C70H59N5O. The smallest absolute Gasteiger partial charge is 0.269 e. The minimum Gasteiger partial charge on any atom is -0.458 e. The second-order valence-corrected chi connectivity index (χ2v) is 21.2. The number of nitrogens with zero attached hydrogens (tertiary/aromatic N) is 5. The maximum Gasteiger partial charge on any atom is 0.269 e. The first-order valence-corrected chi connectivity index (χ1v) is 25.4. The van der Waals surface area contributed by atoms with Crippen molar-refractivity contribution in [3.63, 3.8) is 0 Å². The van der Waals surface area contributed by atoms with E-state index in [9.17, 15) is 2.74 Å². The molecule has 0 N–H and O–H groups in total. The first-order valence-electron chi connectivity index (χ1n) is 31.9. The summed E-state index contributed by atoms with van der Waals surface area (Å²) in [5.41, 5.74) is 9.65. The molecule has 0 radical (unpaired) electrons. The molecule has 4 heterocycles. The second-order valence-electron chi connectivity index (χ2n) is 21.2. The van der Waals surface area contributed by atoms with Crippen LogP contribution in [0.3, 0.4) is 0 Å². The van der Waals surface area contributed by atoms with Crippen molar-refractivity contribution in [2.24, 2.45) is 0 Å². The highest BCUT2D eigenvalue weighted by Gasteiger charge is 2.25. The zero-order valence-corrected chi connectivity index (χ0v) is 43.1. The molecule has 0 atom stereocenters. The Balaban J connectivity index is 0.978.